The zero-order valence-electron chi connectivity index (χ0n) is 11.2. The van der Waals surface area contributed by atoms with Crippen molar-refractivity contribution in [3.05, 3.63) is 24.0 Å². The molecule has 1 aromatic rings. The van der Waals surface area contributed by atoms with Crippen LogP contribution in [-0.2, 0) is 0 Å². The van der Waals surface area contributed by atoms with Crippen LogP contribution in [0.3, 0.4) is 0 Å². The first kappa shape index (κ1) is 13.2. The molecule has 0 saturated carbocycles. The minimum absolute atomic E-state index is 0.172. The Morgan fingerprint density at radius 3 is 2.78 bits per heavy atom. The summed E-state index contributed by atoms with van der Waals surface area (Å²) >= 11 is 4.98. The zero-order chi connectivity index (χ0) is 13.3. The maximum atomic E-state index is 5.63. The Kier molecular flexibility index (Phi) is 3.54. The first-order valence-corrected chi connectivity index (χ1v) is 6.53. The molecule has 1 fully saturated rings. The Bertz CT molecular complexity index is 458. The maximum absolute atomic E-state index is 5.63. The summed E-state index contributed by atoms with van der Waals surface area (Å²) in [6.07, 6.45) is 1.77. The Hall–Kier alpha value is -1.20. The quantitative estimate of drug-likeness (QED) is 0.815. The number of nitrogens with zero attached hydrogens (tertiary/aromatic N) is 3. The number of piperazine rings is 1. The van der Waals surface area contributed by atoms with Gasteiger partial charge in [0.05, 0.1) is 5.69 Å². The fourth-order valence-electron chi connectivity index (χ4n) is 2.21. The summed E-state index contributed by atoms with van der Waals surface area (Å²) in [4.78, 5) is 9.29. The second-order valence-corrected chi connectivity index (χ2v) is 5.86. The van der Waals surface area contributed by atoms with E-state index < -0.39 is 0 Å². The van der Waals surface area contributed by atoms with Gasteiger partial charge in [-0.3, -0.25) is 9.88 Å². The summed E-state index contributed by atoms with van der Waals surface area (Å²) in [6.45, 7) is 7.58. The van der Waals surface area contributed by atoms with Crippen LogP contribution in [0.15, 0.2) is 18.3 Å². The molecule has 0 spiro atoms. The van der Waals surface area contributed by atoms with Crippen LogP contribution in [0.1, 0.15) is 19.5 Å². The first-order valence-electron chi connectivity index (χ1n) is 6.12. The Labute approximate surface area is 114 Å². The van der Waals surface area contributed by atoms with E-state index in [4.69, 9.17) is 18.0 Å². The predicted octanol–water partition coefficient (Wildman–Crippen LogP) is 1.25. The van der Waals surface area contributed by atoms with Crippen LogP contribution >= 0.6 is 12.2 Å². The molecule has 0 radical (unpaired) electrons. The molecule has 98 valence electrons. The number of hydrogen-bond donors (Lipinski definition) is 1. The average Bonchev–Trinajstić information content (AvgIpc) is 2.33. The van der Waals surface area contributed by atoms with Gasteiger partial charge in [-0.05, 0) is 33.0 Å². The molecule has 1 aliphatic heterocycles. The largest absolute Gasteiger partial charge is 0.388 e. The summed E-state index contributed by atoms with van der Waals surface area (Å²) in [5, 5.41) is 0. The molecule has 0 unspecified atom stereocenters. The Morgan fingerprint density at radius 2 is 2.17 bits per heavy atom. The highest BCUT2D eigenvalue weighted by Gasteiger charge is 2.31. The molecule has 0 aliphatic carbocycles. The van der Waals surface area contributed by atoms with E-state index in [0.717, 1.165) is 25.3 Å². The third-order valence-corrected chi connectivity index (χ3v) is 3.89. The summed E-state index contributed by atoms with van der Waals surface area (Å²) in [7, 11) is 2.17. The molecule has 5 heteroatoms. The molecule has 0 atom stereocenters. The van der Waals surface area contributed by atoms with E-state index in [1.807, 2.05) is 12.1 Å². The molecule has 18 heavy (non-hydrogen) atoms. The number of likely N-dealkylation sites (N-methyl/N-ethyl adjacent to an activating group) is 1. The fourth-order valence-corrected chi connectivity index (χ4v) is 2.32. The molecule has 1 saturated heterocycles. The lowest BCUT2D eigenvalue weighted by molar-refractivity contribution is 0.139. The molecule has 1 aromatic heterocycles. The van der Waals surface area contributed by atoms with E-state index in [2.05, 4.69) is 35.7 Å². The normalized spacial score (nSPS) is 19.8. The van der Waals surface area contributed by atoms with Crippen LogP contribution in [0.5, 0.6) is 0 Å². The Balaban J connectivity index is 2.22. The summed E-state index contributed by atoms with van der Waals surface area (Å²) in [5.74, 6) is 0. The number of anilines is 1. The second-order valence-electron chi connectivity index (χ2n) is 5.42. The van der Waals surface area contributed by atoms with Crippen molar-refractivity contribution in [1.82, 2.24) is 9.88 Å². The van der Waals surface area contributed by atoms with Gasteiger partial charge in [-0.25, -0.2) is 0 Å². The smallest absolute Gasteiger partial charge is 0.122 e. The molecular weight excluding hydrogens is 244 g/mol. The van der Waals surface area contributed by atoms with Gasteiger partial charge in [-0.2, -0.15) is 0 Å². The lowest BCUT2D eigenvalue weighted by Gasteiger charge is -2.46. The molecule has 1 aliphatic rings. The highest BCUT2D eigenvalue weighted by Crippen LogP contribution is 2.24. The van der Waals surface area contributed by atoms with Crippen molar-refractivity contribution in [1.29, 1.82) is 0 Å². The van der Waals surface area contributed by atoms with Gasteiger partial charge in [0.25, 0.3) is 0 Å². The van der Waals surface area contributed by atoms with Crippen molar-refractivity contribution in [2.24, 2.45) is 5.73 Å². The number of pyridine rings is 1. The van der Waals surface area contributed by atoms with Gasteiger partial charge in [-0.15, -0.1) is 0 Å². The van der Waals surface area contributed by atoms with Crippen molar-refractivity contribution in [3.8, 4) is 0 Å². The number of aromatic nitrogens is 1. The lowest BCUT2D eigenvalue weighted by Crippen LogP contribution is -2.57. The van der Waals surface area contributed by atoms with Crippen molar-refractivity contribution in [2.45, 2.75) is 19.4 Å². The third kappa shape index (κ3) is 2.62. The third-order valence-electron chi connectivity index (χ3n) is 3.68. The van der Waals surface area contributed by atoms with Gasteiger partial charge in [0.2, 0.25) is 0 Å². The van der Waals surface area contributed by atoms with Crippen LogP contribution in [-0.4, -0.2) is 47.1 Å². The van der Waals surface area contributed by atoms with Crippen LogP contribution in [0, 0.1) is 0 Å². The molecule has 0 aromatic carbocycles. The standard InChI is InChI=1S/C13H20N4S/c1-13(2)9-17(7-6-16(13)3)10-4-5-15-11(8-10)12(14)18/h4-5,8H,6-7,9H2,1-3H3,(H2,14,18). The molecular formula is C13H20N4S. The fraction of sp³-hybridized carbons (Fsp3) is 0.538. The van der Waals surface area contributed by atoms with Gasteiger partial charge in [-0.1, -0.05) is 12.2 Å². The van der Waals surface area contributed by atoms with Gasteiger partial charge in [0, 0.05) is 37.1 Å². The van der Waals surface area contributed by atoms with E-state index in [-0.39, 0.29) is 5.54 Å². The molecule has 0 amide bonds. The minimum Gasteiger partial charge on any atom is -0.388 e. The maximum Gasteiger partial charge on any atom is 0.122 e. The van der Waals surface area contributed by atoms with E-state index >= 15 is 0 Å². The molecule has 2 N–H and O–H groups in total. The van der Waals surface area contributed by atoms with E-state index in [1.165, 1.54) is 0 Å². The highest BCUT2D eigenvalue weighted by atomic mass is 32.1. The summed E-state index contributed by atoms with van der Waals surface area (Å²) in [6, 6.07) is 3.99. The van der Waals surface area contributed by atoms with Crippen LogP contribution in [0.2, 0.25) is 0 Å². The van der Waals surface area contributed by atoms with Gasteiger partial charge >= 0.3 is 0 Å². The molecule has 4 nitrogen and oxygen atoms in total. The van der Waals surface area contributed by atoms with Crippen LogP contribution in [0.25, 0.3) is 0 Å². The first-order chi connectivity index (χ1) is 8.40. The van der Waals surface area contributed by atoms with Gasteiger partial charge in [0.15, 0.2) is 0 Å². The number of nitrogens with two attached hydrogens (primary N) is 1. The van der Waals surface area contributed by atoms with Crippen molar-refractivity contribution in [2.75, 3.05) is 31.6 Å². The minimum atomic E-state index is 0.172. The molecule has 0 bridgehead atoms. The highest BCUT2D eigenvalue weighted by molar-refractivity contribution is 7.80. The number of thiocarbonyl (C=S) groups is 1. The molecule has 2 rings (SSSR count). The summed E-state index contributed by atoms with van der Waals surface area (Å²) < 4.78 is 0. The summed E-state index contributed by atoms with van der Waals surface area (Å²) in [5.41, 5.74) is 7.64. The van der Waals surface area contributed by atoms with Crippen molar-refractivity contribution >= 4 is 22.9 Å². The van der Waals surface area contributed by atoms with Crippen LogP contribution in [0.4, 0.5) is 5.69 Å². The van der Waals surface area contributed by atoms with Crippen molar-refractivity contribution in [3.63, 3.8) is 0 Å². The van der Waals surface area contributed by atoms with Gasteiger partial charge in [0.1, 0.15) is 4.99 Å². The topological polar surface area (TPSA) is 45.4 Å². The molecule has 2 heterocycles. The van der Waals surface area contributed by atoms with E-state index in [0.29, 0.717) is 10.7 Å². The SMILES string of the molecule is CN1CCN(c2ccnc(C(N)=S)c2)CC1(C)C. The Morgan fingerprint density at radius 1 is 1.44 bits per heavy atom. The zero-order valence-corrected chi connectivity index (χ0v) is 12.0. The van der Waals surface area contributed by atoms with E-state index in [9.17, 15) is 0 Å². The van der Waals surface area contributed by atoms with E-state index in [1.54, 1.807) is 6.20 Å². The average molecular weight is 264 g/mol. The lowest BCUT2D eigenvalue weighted by atomic mass is 9.99. The van der Waals surface area contributed by atoms with Crippen molar-refractivity contribution < 1.29 is 0 Å². The number of hydrogen-bond acceptors (Lipinski definition) is 4. The van der Waals surface area contributed by atoms with Gasteiger partial charge < -0.3 is 10.6 Å². The monoisotopic (exact) mass is 264 g/mol. The number of rotatable bonds is 2. The second kappa shape index (κ2) is 4.82. The predicted molar refractivity (Wildman–Crippen MR) is 79.0 cm³/mol. The van der Waals surface area contributed by atoms with Crippen LogP contribution < -0.4 is 10.6 Å².